The smallest absolute Gasteiger partial charge is 0.282 e. The Bertz CT molecular complexity index is 578. The van der Waals surface area contributed by atoms with Crippen molar-refractivity contribution in [2.45, 2.75) is 18.6 Å². The van der Waals surface area contributed by atoms with Gasteiger partial charge >= 0.3 is 0 Å². The molecule has 0 amide bonds. The summed E-state index contributed by atoms with van der Waals surface area (Å²) in [7, 11) is 1.43. The molecule has 0 aliphatic carbocycles. The minimum atomic E-state index is -1.19. The third kappa shape index (κ3) is 2.29. The number of hydrogen-bond acceptors (Lipinski definition) is 6. The largest absolute Gasteiger partial charge is 0.463 e. The van der Waals surface area contributed by atoms with E-state index >= 15 is 0 Å². The Morgan fingerprint density at radius 2 is 2.35 bits per heavy atom. The SMILES string of the molecule is CO[C@H]1COC(N)=N[C@]1(C)c1cc([N+](=O)[O-])ccc1F. The molecule has 108 valence electrons. The zero-order valence-corrected chi connectivity index (χ0v) is 11.0. The second-order valence-electron chi connectivity index (χ2n) is 4.55. The van der Waals surface area contributed by atoms with Crippen LogP contribution in [0.25, 0.3) is 0 Å². The summed E-state index contributed by atoms with van der Waals surface area (Å²) >= 11 is 0. The number of amidine groups is 1. The van der Waals surface area contributed by atoms with E-state index in [0.29, 0.717) is 0 Å². The van der Waals surface area contributed by atoms with Crippen molar-refractivity contribution < 1.29 is 18.8 Å². The van der Waals surface area contributed by atoms with E-state index in [2.05, 4.69) is 4.99 Å². The maximum absolute atomic E-state index is 14.1. The van der Waals surface area contributed by atoms with E-state index in [4.69, 9.17) is 15.2 Å². The predicted molar refractivity (Wildman–Crippen MR) is 68.8 cm³/mol. The van der Waals surface area contributed by atoms with Gasteiger partial charge in [0.1, 0.15) is 24.1 Å². The first-order chi connectivity index (χ1) is 9.38. The second kappa shape index (κ2) is 5.04. The fourth-order valence-electron chi connectivity index (χ4n) is 2.20. The lowest BCUT2D eigenvalue weighted by Gasteiger charge is -2.36. The molecule has 0 saturated heterocycles. The van der Waals surface area contributed by atoms with Gasteiger partial charge in [0.15, 0.2) is 0 Å². The summed E-state index contributed by atoms with van der Waals surface area (Å²) < 4.78 is 24.4. The van der Waals surface area contributed by atoms with Crippen molar-refractivity contribution in [1.82, 2.24) is 0 Å². The fraction of sp³-hybridized carbons (Fsp3) is 0.417. The van der Waals surface area contributed by atoms with E-state index in [9.17, 15) is 14.5 Å². The highest BCUT2D eigenvalue weighted by molar-refractivity contribution is 5.73. The predicted octanol–water partition coefficient (Wildman–Crippen LogP) is 1.31. The minimum Gasteiger partial charge on any atom is -0.463 e. The van der Waals surface area contributed by atoms with Crippen LogP contribution in [0.3, 0.4) is 0 Å². The fourth-order valence-corrected chi connectivity index (χ4v) is 2.20. The average molecular weight is 283 g/mol. The highest BCUT2D eigenvalue weighted by atomic mass is 19.1. The van der Waals surface area contributed by atoms with Crippen LogP contribution in [0.5, 0.6) is 0 Å². The zero-order valence-electron chi connectivity index (χ0n) is 11.0. The van der Waals surface area contributed by atoms with E-state index in [-0.39, 0.29) is 23.9 Å². The topological polar surface area (TPSA) is 100.0 Å². The molecule has 1 aromatic carbocycles. The molecule has 1 aliphatic rings. The van der Waals surface area contributed by atoms with E-state index in [0.717, 1.165) is 18.2 Å². The molecule has 0 saturated carbocycles. The average Bonchev–Trinajstić information content (AvgIpc) is 2.38. The number of ether oxygens (including phenoxy) is 2. The number of non-ortho nitro benzene ring substituents is 1. The number of aliphatic imine (C=N–C) groups is 1. The van der Waals surface area contributed by atoms with Crippen LogP contribution in [0.1, 0.15) is 12.5 Å². The second-order valence-corrected chi connectivity index (χ2v) is 4.55. The van der Waals surface area contributed by atoms with Gasteiger partial charge in [-0.05, 0) is 13.0 Å². The van der Waals surface area contributed by atoms with Crippen molar-refractivity contribution in [2.24, 2.45) is 10.7 Å². The maximum atomic E-state index is 14.1. The standard InChI is InChI=1S/C12H14FN3O4/c1-12(10(19-2)6-20-11(14)15-12)8-5-7(16(17)18)3-4-9(8)13/h3-5,10H,6H2,1-2H3,(H2,14,15)/t10-,12+/m0/s1. The van der Waals surface area contributed by atoms with Gasteiger partial charge in [0.25, 0.3) is 11.7 Å². The van der Waals surface area contributed by atoms with Crippen LogP contribution in [0.15, 0.2) is 23.2 Å². The Morgan fingerprint density at radius 1 is 1.65 bits per heavy atom. The monoisotopic (exact) mass is 283 g/mol. The van der Waals surface area contributed by atoms with Gasteiger partial charge in [-0.15, -0.1) is 0 Å². The van der Waals surface area contributed by atoms with Crippen LogP contribution < -0.4 is 5.73 Å². The van der Waals surface area contributed by atoms with Gasteiger partial charge in [-0.2, -0.15) is 0 Å². The number of nitro benzene ring substituents is 1. The molecule has 0 unspecified atom stereocenters. The quantitative estimate of drug-likeness (QED) is 0.666. The van der Waals surface area contributed by atoms with Crippen LogP contribution in [0.2, 0.25) is 0 Å². The first-order valence-corrected chi connectivity index (χ1v) is 5.84. The molecular weight excluding hydrogens is 269 g/mol. The lowest BCUT2D eigenvalue weighted by Crippen LogP contribution is -2.47. The molecule has 2 N–H and O–H groups in total. The molecule has 0 spiro atoms. The van der Waals surface area contributed by atoms with Crippen molar-refractivity contribution in [1.29, 1.82) is 0 Å². The Kier molecular flexibility index (Phi) is 3.58. The summed E-state index contributed by atoms with van der Waals surface area (Å²) in [5, 5.41) is 10.8. The Labute approximate surface area is 114 Å². The van der Waals surface area contributed by atoms with E-state index < -0.39 is 22.4 Å². The molecule has 0 aromatic heterocycles. The van der Waals surface area contributed by atoms with Crippen molar-refractivity contribution in [3.05, 3.63) is 39.7 Å². The van der Waals surface area contributed by atoms with Gasteiger partial charge in [-0.1, -0.05) is 0 Å². The summed E-state index contributed by atoms with van der Waals surface area (Å²) in [5.41, 5.74) is 4.16. The first kappa shape index (κ1) is 14.2. The summed E-state index contributed by atoms with van der Waals surface area (Å²) in [6, 6.07) is 3.17. The molecule has 0 fully saturated rings. The molecule has 8 heteroatoms. The van der Waals surface area contributed by atoms with Crippen molar-refractivity contribution >= 4 is 11.7 Å². The number of rotatable bonds is 3. The van der Waals surface area contributed by atoms with Crippen LogP contribution in [-0.2, 0) is 15.0 Å². The molecule has 1 aromatic rings. The molecule has 20 heavy (non-hydrogen) atoms. The van der Waals surface area contributed by atoms with E-state index in [1.807, 2.05) is 0 Å². The number of nitrogens with zero attached hydrogens (tertiary/aromatic N) is 2. The third-order valence-corrected chi connectivity index (χ3v) is 3.34. The van der Waals surface area contributed by atoms with Gasteiger partial charge in [0.05, 0.1) is 4.92 Å². The zero-order chi connectivity index (χ0) is 14.9. The molecule has 1 heterocycles. The van der Waals surface area contributed by atoms with Crippen molar-refractivity contribution in [3.8, 4) is 0 Å². The van der Waals surface area contributed by atoms with E-state index in [1.54, 1.807) is 6.92 Å². The number of benzene rings is 1. The van der Waals surface area contributed by atoms with Crippen LogP contribution in [-0.4, -0.2) is 30.8 Å². The molecule has 2 rings (SSSR count). The molecule has 0 radical (unpaired) electrons. The maximum Gasteiger partial charge on any atom is 0.282 e. The highest BCUT2D eigenvalue weighted by Crippen LogP contribution is 2.36. The van der Waals surface area contributed by atoms with Gasteiger partial charge < -0.3 is 15.2 Å². The lowest BCUT2D eigenvalue weighted by molar-refractivity contribution is -0.385. The highest BCUT2D eigenvalue weighted by Gasteiger charge is 2.42. The Hall–Kier alpha value is -2.22. The number of halogens is 1. The minimum absolute atomic E-state index is 0.0461. The lowest BCUT2D eigenvalue weighted by atomic mass is 9.85. The van der Waals surface area contributed by atoms with Crippen LogP contribution in [0, 0.1) is 15.9 Å². The number of hydrogen-bond donors (Lipinski definition) is 1. The van der Waals surface area contributed by atoms with Crippen molar-refractivity contribution in [2.75, 3.05) is 13.7 Å². The molecule has 2 atom stereocenters. The molecule has 7 nitrogen and oxygen atoms in total. The normalized spacial score (nSPS) is 25.8. The molecule has 1 aliphatic heterocycles. The van der Waals surface area contributed by atoms with Gasteiger partial charge in [0, 0.05) is 24.8 Å². The third-order valence-electron chi connectivity index (χ3n) is 3.34. The molecular formula is C12H14FN3O4. The van der Waals surface area contributed by atoms with Gasteiger partial charge in [-0.25, -0.2) is 9.38 Å². The van der Waals surface area contributed by atoms with Gasteiger partial charge in [0.2, 0.25) is 0 Å². The summed E-state index contributed by atoms with van der Waals surface area (Å²) in [6.07, 6.45) is -0.605. The van der Waals surface area contributed by atoms with Crippen molar-refractivity contribution in [3.63, 3.8) is 0 Å². The number of nitrogens with two attached hydrogens (primary N) is 1. The first-order valence-electron chi connectivity index (χ1n) is 5.84. The summed E-state index contributed by atoms with van der Waals surface area (Å²) in [4.78, 5) is 14.3. The summed E-state index contributed by atoms with van der Waals surface area (Å²) in [6.45, 7) is 1.68. The van der Waals surface area contributed by atoms with Crippen LogP contribution in [0.4, 0.5) is 10.1 Å². The van der Waals surface area contributed by atoms with E-state index in [1.165, 1.54) is 7.11 Å². The van der Waals surface area contributed by atoms with Gasteiger partial charge in [-0.3, -0.25) is 10.1 Å². The Balaban J connectivity index is 2.59. The Morgan fingerprint density at radius 3 is 2.95 bits per heavy atom. The number of nitro groups is 1. The number of methoxy groups -OCH3 is 1. The summed E-state index contributed by atoms with van der Waals surface area (Å²) in [5.74, 6) is -0.612. The molecule has 0 bridgehead atoms. The van der Waals surface area contributed by atoms with Crippen LogP contribution >= 0.6 is 0 Å².